The van der Waals surface area contributed by atoms with Crippen molar-refractivity contribution >= 4 is 17.9 Å². The van der Waals surface area contributed by atoms with E-state index in [1.165, 1.54) is 7.11 Å². The monoisotopic (exact) mass is 293 g/mol. The van der Waals surface area contributed by atoms with Gasteiger partial charge in [-0.1, -0.05) is 30.3 Å². The van der Waals surface area contributed by atoms with Gasteiger partial charge in [-0.3, -0.25) is 14.4 Å². The Morgan fingerprint density at radius 1 is 1.29 bits per heavy atom. The number of hydrogen-bond donors (Lipinski definition) is 3. The summed E-state index contributed by atoms with van der Waals surface area (Å²) in [4.78, 5) is 38.9. The first kappa shape index (κ1) is 14.8. The molecule has 1 fully saturated rings. The highest BCUT2D eigenvalue weighted by molar-refractivity contribution is 6.02. The lowest BCUT2D eigenvalue weighted by molar-refractivity contribution is -0.145. The molecule has 1 aromatic rings. The molecule has 0 radical (unpaired) electrons. The molecule has 112 valence electrons. The first-order valence-electron chi connectivity index (χ1n) is 6.22. The fraction of sp³-hybridized carbons (Fsp3) is 0.308. The Kier molecular flexibility index (Phi) is 4.72. The highest BCUT2D eigenvalue weighted by atomic mass is 16.6. The molecule has 1 aromatic carbocycles. The maximum absolute atomic E-state index is 11.6. The summed E-state index contributed by atoms with van der Waals surface area (Å²) in [5.74, 6) is -1.01. The van der Waals surface area contributed by atoms with Crippen molar-refractivity contribution in [2.75, 3.05) is 7.11 Å². The third kappa shape index (κ3) is 3.69. The number of ether oxygens (including phenoxy) is 1. The second-order valence-electron chi connectivity index (χ2n) is 4.34. The summed E-state index contributed by atoms with van der Waals surface area (Å²) in [7, 11) is 1.27. The smallest absolute Gasteiger partial charge is 0.408 e. The van der Waals surface area contributed by atoms with E-state index in [0.717, 1.165) is 5.56 Å². The average Bonchev–Trinajstić information content (AvgIpc) is 2.49. The van der Waals surface area contributed by atoms with Crippen LogP contribution in [0, 0.1) is 0 Å². The molecule has 3 N–H and O–H groups in total. The number of benzene rings is 1. The summed E-state index contributed by atoms with van der Waals surface area (Å²) in [6.07, 6.45) is -0.770. The van der Waals surface area contributed by atoms with Gasteiger partial charge >= 0.3 is 6.09 Å². The van der Waals surface area contributed by atoms with E-state index in [4.69, 9.17) is 4.74 Å². The molecule has 1 aliphatic rings. The van der Waals surface area contributed by atoms with Gasteiger partial charge in [0.05, 0.1) is 7.11 Å². The van der Waals surface area contributed by atoms with Crippen molar-refractivity contribution in [1.82, 2.24) is 16.1 Å². The van der Waals surface area contributed by atoms with Gasteiger partial charge in [-0.25, -0.2) is 10.3 Å². The van der Waals surface area contributed by atoms with Crippen LogP contribution in [0.2, 0.25) is 0 Å². The molecular formula is C13H15N3O5. The number of carbonyl (C=O) groups excluding carboxylic acids is 3. The SMILES string of the molecule is CONC(=O)[C@@H]1NC(=O)[C@@H]1NC(=O)OCc1ccccc1. The van der Waals surface area contributed by atoms with E-state index < -0.39 is 30.0 Å². The van der Waals surface area contributed by atoms with Gasteiger partial charge in [-0.2, -0.15) is 0 Å². The molecule has 21 heavy (non-hydrogen) atoms. The summed E-state index contributed by atoms with van der Waals surface area (Å²) in [6, 6.07) is 7.25. The molecule has 0 aromatic heterocycles. The Morgan fingerprint density at radius 2 is 2.00 bits per heavy atom. The van der Waals surface area contributed by atoms with E-state index in [2.05, 4.69) is 21.0 Å². The van der Waals surface area contributed by atoms with Crippen LogP contribution in [0.15, 0.2) is 30.3 Å². The molecule has 3 amide bonds. The topological polar surface area (TPSA) is 106 Å². The van der Waals surface area contributed by atoms with Crippen LogP contribution in [0.3, 0.4) is 0 Å². The molecule has 8 nitrogen and oxygen atoms in total. The van der Waals surface area contributed by atoms with Gasteiger partial charge in [-0.15, -0.1) is 0 Å². The van der Waals surface area contributed by atoms with E-state index in [1.807, 2.05) is 18.2 Å². The quantitative estimate of drug-likeness (QED) is 0.499. The number of β-lactam (4-membered cyclic amide) rings is 1. The zero-order valence-electron chi connectivity index (χ0n) is 11.3. The molecular weight excluding hydrogens is 278 g/mol. The second-order valence-corrected chi connectivity index (χ2v) is 4.34. The van der Waals surface area contributed by atoms with Gasteiger partial charge in [-0.05, 0) is 5.56 Å². The van der Waals surface area contributed by atoms with Gasteiger partial charge in [0.1, 0.15) is 18.7 Å². The Balaban J connectivity index is 1.81. The number of hydrogen-bond acceptors (Lipinski definition) is 5. The van der Waals surface area contributed by atoms with E-state index >= 15 is 0 Å². The number of amides is 3. The molecule has 0 unspecified atom stereocenters. The lowest BCUT2D eigenvalue weighted by atomic mass is 9.99. The zero-order chi connectivity index (χ0) is 15.2. The molecule has 0 aliphatic carbocycles. The lowest BCUT2D eigenvalue weighted by Gasteiger charge is -2.34. The Labute approximate surface area is 120 Å². The fourth-order valence-electron chi connectivity index (χ4n) is 1.80. The van der Waals surface area contributed by atoms with Crippen LogP contribution in [0.5, 0.6) is 0 Å². The molecule has 1 saturated heterocycles. The number of alkyl carbamates (subject to hydrolysis) is 1. The summed E-state index contributed by atoms with van der Waals surface area (Å²) >= 11 is 0. The largest absolute Gasteiger partial charge is 0.445 e. The van der Waals surface area contributed by atoms with Crippen LogP contribution in [0.1, 0.15) is 5.56 Å². The highest BCUT2D eigenvalue weighted by Crippen LogP contribution is 2.07. The summed E-state index contributed by atoms with van der Waals surface area (Å²) in [6.45, 7) is 0.0793. The van der Waals surface area contributed by atoms with Gasteiger partial charge in [0.2, 0.25) is 5.91 Å². The first-order chi connectivity index (χ1) is 10.1. The summed E-state index contributed by atoms with van der Waals surface area (Å²) in [5, 5.41) is 4.69. The molecule has 2 rings (SSSR count). The van der Waals surface area contributed by atoms with Crippen LogP contribution in [0.4, 0.5) is 4.79 Å². The predicted molar refractivity (Wildman–Crippen MR) is 70.6 cm³/mol. The van der Waals surface area contributed by atoms with Crippen LogP contribution >= 0.6 is 0 Å². The zero-order valence-corrected chi connectivity index (χ0v) is 11.3. The van der Waals surface area contributed by atoms with E-state index in [1.54, 1.807) is 12.1 Å². The maximum Gasteiger partial charge on any atom is 0.408 e. The normalized spacial score (nSPS) is 20.0. The van der Waals surface area contributed by atoms with Crippen molar-refractivity contribution < 1.29 is 24.0 Å². The molecule has 0 spiro atoms. The molecule has 1 heterocycles. The number of hydroxylamine groups is 1. The second kappa shape index (κ2) is 6.71. The standard InChI is InChI=1S/C13H15N3O5/c1-20-16-12(18)10-9(11(17)14-10)15-13(19)21-7-8-5-3-2-4-6-8/h2-6,9-10H,7H2,1H3,(H,14,17)(H,15,19)(H,16,18)/t9-,10-/m1/s1. The third-order valence-electron chi connectivity index (χ3n) is 2.88. The minimum Gasteiger partial charge on any atom is -0.445 e. The van der Waals surface area contributed by atoms with Crippen molar-refractivity contribution in [2.24, 2.45) is 0 Å². The van der Waals surface area contributed by atoms with Crippen molar-refractivity contribution in [3.8, 4) is 0 Å². The molecule has 2 atom stereocenters. The van der Waals surface area contributed by atoms with Crippen molar-refractivity contribution in [1.29, 1.82) is 0 Å². The highest BCUT2D eigenvalue weighted by Gasteiger charge is 2.45. The third-order valence-corrected chi connectivity index (χ3v) is 2.88. The van der Waals surface area contributed by atoms with Gasteiger partial charge in [0.15, 0.2) is 0 Å². The summed E-state index contributed by atoms with van der Waals surface area (Å²) in [5.41, 5.74) is 2.90. The van der Waals surface area contributed by atoms with E-state index in [9.17, 15) is 14.4 Å². The van der Waals surface area contributed by atoms with Crippen molar-refractivity contribution in [3.63, 3.8) is 0 Å². The van der Waals surface area contributed by atoms with E-state index in [0.29, 0.717) is 0 Å². The van der Waals surface area contributed by atoms with Crippen molar-refractivity contribution in [2.45, 2.75) is 18.7 Å². The van der Waals surface area contributed by atoms with Crippen LogP contribution in [-0.2, 0) is 25.8 Å². The van der Waals surface area contributed by atoms with Gasteiger partial charge in [0.25, 0.3) is 5.91 Å². The predicted octanol–water partition coefficient (Wildman–Crippen LogP) is -0.543. The molecule has 0 saturated carbocycles. The summed E-state index contributed by atoms with van der Waals surface area (Å²) < 4.78 is 4.98. The number of rotatable bonds is 5. The van der Waals surface area contributed by atoms with Crippen LogP contribution in [-0.4, -0.2) is 37.1 Å². The Morgan fingerprint density at radius 3 is 2.62 bits per heavy atom. The van der Waals surface area contributed by atoms with E-state index in [-0.39, 0.29) is 6.61 Å². The molecule has 1 aliphatic heterocycles. The minimum atomic E-state index is -0.969. The fourth-order valence-corrected chi connectivity index (χ4v) is 1.80. The number of nitrogens with one attached hydrogen (secondary N) is 3. The van der Waals surface area contributed by atoms with Crippen molar-refractivity contribution in [3.05, 3.63) is 35.9 Å². The van der Waals surface area contributed by atoms with Crippen LogP contribution in [0.25, 0.3) is 0 Å². The van der Waals surface area contributed by atoms with Gasteiger partial charge in [0, 0.05) is 0 Å². The molecule has 8 heteroatoms. The Hall–Kier alpha value is -2.61. The number of carbonyl (C=O) groups is 3. The first-order valence-corrected chi connectivity index (χ1v) is 6.22. The lowest BCUT2D eigenvalue weighted by Crippen LogP contribution is -2.73. The minimum absolute atomic E-state index is 0.0793. The van der Waals surface area contributed by atoms with Crippen LogP contribution < -0.4 is 16.1 Å². The average molecular weight is 293 g/mol. The molecule has 0 bridgehead atoms. The Bertz CT molecular complexity index is 534. The van der Waals surface area contributed by atoms with Gasteiger partial charge < -0.3 is 15.4 Å². The maximum atomic E-state index is 11.6.